The zero-order valence-corrected chi connectivity index (χ0v) is 22.3. The summed E-state index contributed by atoms with van der Waals surface area (Å²) in [4.78, 5) is 43.5. The molecule has 216 valence electrons. The predicted octanol–water partition coefficient (Wildman–Crippen LogP) is 3.30. The van der Waals surface area contributed by atoms with E-state index in [9.17, 15) is 22.8 Å². The van der Waals surface area contributed by atoms with Crippen LogP contribution < -0.4 is 21.5 Å². The number of benzene rings is 1. The molecule has 1 fully saturated rings. The van der Waals surface area contributed by atoms with E-state index in [1.54, 1.807) is 58.5 Å². The summed E-state index contributed by atoms with van der Waals surface area (Å²) in [5.41, 5.74) is -0.877. The van der Waals surface area contributed by atoms with E-state index < -0.39 is 23.0 Å². The molecule has 7 rings (SSSR count). The van der Waals surface area contributed by atoms with Crippen molar-refractivity contribution in [2.75, 3.05) is 31.1 Å². The Morgan fingerprint density at radius 1 is 0.930 bits per heavy atom. The van der Waals surface area contributed by atoms with Gasteiger partial charge in [0.05, 0.1) is 33.4 Å². The van der Waals surface area contributed by atoms with Gasteiger partial charge in [-0.3, -0.25) is 19.3 Å². The summed E-state index contributed by atoms with van der Waals surface area (Å²) in [6.45, 7) is 1.92. The molecule has 0 unspecified atom stereocenters. The van der Waals surface area contributed by atoms with Gasteiger partial charge in [-0.25, -0.2) is 19.4 Å². The lowest BCUT2D eigenvalue weighted by Gasteiger charge is -2.31. The van der Waals surface area contributed by atoms with E-state index in [4.69, 9.17) is 4.98 Å². The molecule has 0 radical (unpaired) electrons. The Morgan fingerprint density at radius 3 is 2.49 bits per heavy atom. The zero-order chi connectivity index (χ0) is 29.7. The number of pyridine rings is 3. The molecule has 1 aromatic carbocycles. The number of fused-ring (bicyclic) bond motifs is 3. The summed E-state index contributed by atoms with van der Waals surface area (Å²) < 4.78 is 45.8. The van der Waals surface area contributed by atoms with Gasteiger partial charge in [-0.2, -0.15) is 18.3 Å². The molecule has 5 aromatic heterocycles. The van der Waals surface area contributed by atoms with E-state index in [0.29, 0.717) is 48.8 Å². The van der Waals surface area contributed by atoms with Crippen LogP contribution in [0.1, 0.15) is 5.56 Å². The Morgan fingerprint density at radius 2 is 1.77 bits per heavy atom. The van der Waals surface area contributed by atoms with Gasteiger partial charge in [0.15, 0.2) is 5.82 Å². The van der Waals surface area contributed by atoms with Gasteiger partial charge in [0.2, 0.25) is 0 Å². The predicted molar refractivity (Wildman–Crippen MR) is 154 cm³/mol. The molecule has 1 aliphatic heterocycles. The summed E-state index contributed by atoms with van der Waals surface area (Å²) in [5.74, 6) is 0.590. The first kappa shape index (κ1) is 26.5. The molecule has 43 heavy (non-hydrogen) atoms. The second-order valence-corrected chi connectivity index (χ2v) is 9.97. The minimum absolute atomic E-state index is 0.00338. The standard InChI is InChI=1S/C29H22F3N9O2/c30-29(31,32)20-14-18(3-6-23(20)39-12-9-33-10-13-39)41-26-19(27(42)38-28(41)43)16-34-22-5-4-21(37-25(22)26)17-2-7-24(35-15-17)40-11-1-8-36-40/h1-8,11,14-16,33H,9-10,12-13H2,(H,38,42,43). The maximum atomic E-state index is 14.4. The van der Waals surface area contributed by atoms with Gasteiger partial charge >= 0.3 is 11.9 Å². The second kappa shape index (κ2) is 10.2. The number of aromatic amines is 1. The third-order valence-corrected chi connectivity index (χ3v) is 7.36. The van der Waals surface area contributed by atoms with Crippen molar-refractivity contribution >= 4 is 27.6 Å². The Labute approximate surface area is 240 Å². The number of hydrogen-bond donors (Lipinski definition) is 2. The van der Waals surface area contributed by atoms with Crippen molar-refractivity contribution in [2.24, 2.45) is 0 Å². The van der Waals surface area contributed by atoms with Gasteiger partial charge < -0.3 is 10.2 Å². The Balaban J connectivity index is 1.43. The van der Waals surface area contributed by atoms with Crippen LogP contribution in [-0.2, 0) is 6.18 Å². The van der Waals surface area contributed by atoms with Crippen LogP contribution in [0.2, 0.25) is 0 Å². The lowest BCUT2D eigenvalue weighted by molar-refractivity contribution is -0.137. The minimum atomic E-state index is -4.69. The number of H-pyrrole nitrogens is 1. The number of alkyl halides is 3. The van der Waals surface area contributed by atoms with Crippen molar-refractivity contribution in [1.82, 2.24) is 39.6 Å². The number of piperazine rings is 1. The van der Waals surface area contributed by atoms with Crippen molar-refractivity contribution < 1.29 is 13.2 Å². The van der Waals surface area contributed by atoms with Crippen molar-refractivity contribution in [3.63, 3.8) is 0 Å². The summed E-state index contributed by atoms with van der Waals surface area (Å²) in [6, 6.07) is 12.5. The Bertz CT molecular complexity index is 2100. The maximum absolute atomic E-state index is 14.4. The minimum Gasteiger partial charge on any atom is -0.368 e. The van der Waals surface area contributed by atoms with Gasteiger partial charge in [-0.1, -0.05) is 0 Å². The maximum Gasteiger partial charge on any atom is 0.418 e. The molecule has 14 heteroatoms. The van der Waals surface area contributed by atoms with Crippen LogP contribution in [0, 0.1) is 0 Å². The third kappa shape index (κ3) is 4.70. The summed E-state index contributed by atoms with van der Waals surface area (Å²) in [7, 11) is 0. The molecule has 0 saturated carbocycles. The second-order valence-electron chi connectivity index (χ2n) is 9.97. The van der Waals surface area contributed by atoms with Crippen LogP contribution in [-0.4, -0.2) is 60.5 Å². The first-order valence-corrected chi connectivity index (χ1v) is 13.4. The average Bonchev–Trinajstić information content (AvgIpc) is 3.56. The molecule has 11 nitrogen and oxygen atoms in total. The quantitative estimate of drug-likeness (QED) is 0.302. The smallest absolute Gasteiger partial charge is 0.368 e. The topological polar surface area (TPSA) is 127 Å². The number of nitrogens with zero attached hydrogens (tertiary/aromatic N) is 7. The highest BCUT2D eigenvalue weighted by Crippen LogP contribution is 2.38. The van der Waals surface area contributed by atoms with E-state index in [1.807, 2.05) is 0 Å². The molecule has 2 N–H and O–H groups in total. The van der Waals surface area contributed by atoms with E-state index >= 15 is 0 Å². The number of rotatable bonds is 4. The van der Waals surface area contributed by atoms with Crippen molar-refractivity contribution in [2.45, 2.75) is 6.18 Å². The van der Waals surface area contributed by atoms with E-state index in [-0.39, 0.29) is 27.8 Å². The van der Waals surface area contributed by atoms with E-state index in [0.717, 1.165) is 10.6 Å². The Kier molecular flexibility index (Phi) is 6.27. The summed E-state index contributed by atoms with van der Waals surface area (Å²) >= 11 is 0. The Hall–Kier alpha value is -5.37. The molecule has 1 saturated heterocycles. The molecule has 0 bridgehead atoms. The van der Waals surface area contributed by atoms with Crippen LogP contribution in [0.25, 0.3) is 44.7 Å². The molecular weight excluding hydrogens is 563 g/mol. The zero-order valence-electron chi connectivity index (χ0n) is 22.3. The fraction of sp³-hybridized carbons (Fsp3) is 0.172. The van der Waals surface area contributed by atoms with E-state index in [1.165, 1.54) is 18.3 Å². The molecule has 6 heterocycles. The van der Waals surface area contributed by atoms with Gasteiger partial charge in [0.25, 0.3) is 5.56 Å². The van der Waals surface area contributed by atoms with Crippen LogP contribution in [0.5, 0.6) is 0 Å². The largest absolute Gasteiger partial charge is 0.418 e. The number of halogens is 3. The van der Waals surface area contributed by atoms with Gasteiger partial charge in [-0.15, -0.1) is 0 Å². The first-order chi connectivity index (χ1) is 20.8. The van der Waals surface area contributed by atoms with E-state index in [2.05, 4.69) is 25.4 Å². The molecule has 6 aromatic rings. The van der Waals surface area contributed by atoms with Crippen LogP contribution in [0.3, 0.4) is 0 Å². The van der Waals surface area contributed by atoms with Crippen LogP contribution in [0.15, 0.2) is 82.9 Å². The fourth-order valence-corrected chi connectivity index (χ4v) is 5.32. The van der Waals surface area contributed by atoms with Gasteiger partial charge in [-0.05, 0) is 48.5 Å². The first-order valence-electron chi connectivity index (χ1n) is 13.4. The van der Waals surface area contributed by atoms with Gasteiger partial charge in [0, 0.05) is 62.2 Å². The number of hydrogen-bond acceptors (Lipinski definition) is 8. The van der Waals surface area contributed by atoms with Crippen molar-refractivity contribution in [3.8, 4) is 22.8 Å². The molecular formula is C29H22F3N9O2. The highest BCUT2D eigenvalue weighted by Gasteiger charge is 2.36. The number of nitrogens with one attached hydrogen (secondary N) is 2. The summed E-state index contributed by atoms with van der Waals surface area (Å²) in [5, 5.41) is 7.30. The molecule has 0 aliphatic carbocycles. The monoisotopic (exact) mass is 585 g/mol. The van der Waals surface area contributed by atoms with Crippen LogP contribution in [0.4, 0.5) is 18.9 Å². The van der Waals surface area contributed by atoms with Crippen LogP contribution >= 0.6 is 0 Å². The molecule has 0 amide bonds. The van der Waals surface area contributed by atoms with Crippen molar-refractivity contribution in [1.29, 1.82) is 0 Å². The lowest BCUT2D eigenvalue weighted by atomic mass is 10.1. The number of aromatic nitrogens is 7. The molecule has 0 atom stereocenters. The molecule has 0 spiro atoms. The van der Waals surface area contributed by atoms with Gasteiger partial charge in [0.1, 0.15) is 5.52 Å². The highest BCUT2D eigenvalue weighted by atomic mass is 19.4. The average molecular weight is 586 g/mol. The third-order valence-electron chi connectivity index (χ3n) is 7.36. The SMILES string of the molecule is O=c1[nH]c(=O)n(-c2ccc(N3CCNCC3)c(C(F)(F)F)c2)c2c1cnc1ccc(-c3ccc(-n4cccn4)nc3)nc12. The molecule has 1 aliphatic rings. The normalized spacial score (nSPS) is 14.1. The fourth-order valence-electron chi connectivity index (χ4n) is 5.32. The summed E-state index contributed by atoms with van der Waals surface area (Å²) in [6.07, 6.45) is 1.59. The number of anilines is 1. The van der Waals surface area contributed by atoms with Crippen molar-refractivity contribution in [3.05, 3.63) is 99.7 Å². The highest BCUT2D eigenvalue weighted by molar-refractivity contribution is 6.01. The lowest BCUT2D eigenvalue weighted by Crippen LogP contribution is -2.44.